The number of hydrogen-bond acceptors (Lipinski definition) is 4. The van der Waals surface area contributed by atoms with Crippen LogP contribution in [0.5, 0.6) is 0 Å². The van der Waals surface area contributed by atoms with Crippen LogP contribution in [-0.2, 0) is 9.53 Å². The minimum atomic E-state index is -0.981. The number of carbonyl (C=O) groups excluding carboxylic acids is 1. The molecular formula is C17H16FNO4. The van der Waals surface area contributed by atoms with Gasteiger partial charge in [-0.3, -0.25) is 14.9 Å². The number of nitro groups is 1. The Labute approximate surface area is 132 Å². The van der Waals surface area contributed by atoms with Crippen LogP contribution in [0.25, 0.3) is 0 Å². The summed E-state index contributed by atoms with van der Waals surface area (Å²) in [6.45, 7) is 3.44. The van der Waals surface area contributed by atoms with Crippen LogP contribution < -0.4 is 0 Å². The molecule has 0 N–H and O–H groups in total. The van der Waals surface area contributed by atoms with Crippen molar-refractivity contribution in [3.8, 4) is 0 Å². The highest BCUT2D eigenvalue weighted by atomic mass is 19.1. The summed E-state index contributed by atoms with van der Waals surface area (Å²) in [5, 5.41) is 10.7. The van der Waals surface area contributed by atoms with Crippen molar-refractivity contribution in [2.75, 3.05) is 0 Å². The molecular weight excluding hydrogens is 301 g/mol. The number of carbonyl (C=O) groups is 1. The first-order valence-corrected chi connectivity index (χ1v) is 7.09. The third-order valence-electron chi connectivity index (χ3n) is 3.22. The Morgan fingerprint density at radius 1 is 1.13 bits per heavy atom. The van der Waals surface area contributed by atoms with E-state index in [1.807, 2.05) is 0 Å². The second kappa shape index (κ2) is 7.00. The van der Waals surface area contributed by atoms with Gasteiger partial charge in [-0.1, -0.05) is 36.4 Å². The Balaban J connectivity index is 2.47. The molecule has 6 heteroatoms. The van der Waals surface area contributed by atoms with Crippen LogP contribution >= 0.6 is 0 Å². The molecule has 120 valence electrons. The summed E-state index contributed by atoms with van der Waals surface area (Å²) in [5.74, 6) is -2.35. The van der Waals surface area contributed by atoms with Gasteiger partial charge in [0.15, 0.2) is 0 Å². The Hall–Kier alpha value is -2.76. The number of ether oxygens (including phenoxy) is 1. The van der Waals surface area contributed by atoms with Crippen molar-refractivity contribution < 1.29 is 18.8 Å². The Kier molecular flexibility index (Phi) is 5.05. The molecule has 0 unspecified atom stereocenters. The molecule has 0 saturated heterocycles. The van der Waals surface area contributed by atoms with E-state index in [4.69, 9.17) is 4.74 Å². The van der Waals surface area contributed by atoms with E-state index in [0.717, 1.165) is 12.1 Å². The van der Waals surface area contributed by atoms with E-state index < -0.39 is 28.3 Å². The quantitative estimate of drug-likeness (QED) is 0.477. The van der Waals surface area contributed by atoms with E-state index in [2.05, 4.69) is 0 Å². The lowest BCUT2D eigenvalue weighted by Gasteiger charge is -2.18. The van der Waals surface area contributed by atoms with Gasteiger partial charge >= 0.3 is 11.7 Å². The molecule has 23 heavy (non-hydrogen) atoms. The second-order valence-corrected chi connectivity index (χ2v) is 5.30. The third kappa shape index (κ3) is 3.91. The molecule has 0 aliphatic carbocycles. The van der Waals surface area contributed by atoms with E-state index in [-0.39, 0.29) is 6.10 Å². The SMILES string of the molecule is CC(C)OC(=O)[C@H](c1ccccc1)c1ccc([N+](=O)[O-])c(F)c1. The summed E-state index contributed by atoms with van der Waals surface area (Å²) in [5.41, 5.74) is 0.314. The standard InChI is InChI=1S/C17H16FNO4/c1-11(2)23-17(20)16(12-6-4-3-5-7-12)13-8-9-15(19(21)22)14(18)10-13/h3-11,16H,1-2H3/t16-/m1/s1. The van der Waals surface area contributed by atoms with Gasteiger partial charge in [0.1, 0.15) is 5.92 Å². The molecule has 0 bridgehead atoms. The number of esters is 1. The van der Waals surface area contributed by atoms with Gasteiger partial charge in [-0.05, 0) is 31.0 Å². The molecule has 0 fully saturated rings. The molecule has 0 saturated carbocycles. The van der Waals surface area contributed by atoms with Crippen molar-refractivity contribution in [3.05, 3.63) is 75.6 Å². The zero-order valence-corrected chi connectivity index (χ0v) is 12.7. The predicted molar refractivity (Wildman–Crippen MR) is 82.6 cm³/mol. The fraction of sp³-hybridized carbons (Fsp3) is 0.235. The average Bonchev–Trinajstić information content (AvgIpc) is 2.47. The molecule has 0 aliphatic rings. The van der Waals surface area contributed by atoms with Crippen molar-refractivity contribution in [2.45, 2.75) is 25.9 Å². The van der Waals surface area contributed by atoms with Crippen LogP contribution in [0.1, 0.15) is 30.9 Å². The number of rotatable bonds is 5. The molecule has 0 heterocycles. The number of halogens is 1. The van der Waals surface area contributed by atoms with E-state index in [0.29, 0.717) is 11.1 Å². The van der Waals surface area contributed by atoms with Gasteiger partial charge in [0, 0.05) is 6.07 Å². The Morgan fingerprint density at radius 2 is 1.78 bits per heavy atom. The van der Waals surface area contributed by atoms with Crippen molar-refractivity contribution in [3.63, 3.8) is 0 Å². The average molecular weight is 317 g/mol. The lowest BCUT2D eigenvalue weighted by molar-refractivity contribution is -0.387. The fourth-order valence-electron chi connectivity index (χ4n) is 2.26. The summed E-state index contributed by atoms with van der Waals surface area (Å²) in [4.78, 5) is 22.3. The maximum Gasteiger partial charge on any atom is 0.318 e. The van der Waals surface area contributed by atoms with Gasteiger partial charge in [0.2, 0.25) is 5.82 Å². The highest BCUT2D eigenvalue weighted by molar-refractivity contribution is 5.82. The molecule has 2 aromatic carbocycles. The van der Waals surface area contributed by atoms with Crippen LogP contribution in [0.4, 0.5) is 10.1 Å². The zero-order valence-electron chi connectivity index (χ0n) is 12.7. The summed E-state index contributed by atoms with van der Waals surface area (Å²) in [6.07, 6.45) is -0.323. The van der Waals surface area contributed by atoms with Gasteiger partial charge in [-0.25, -0.2) is 0 Å². The van der Waals surface area contributed by atoms with E-state index in [1.54, 1.807) is 44.2 Å². The van der Waals surface area contributed by atoms with Crippen LogP contribution in [0.3, 0.4) is 0 Å². The minimum Gasteiger partial charge on any atom is -0.462 e. The number of nitro benzene ring substituents is 1. The number of hydrogen-bond donors (Lipinski definition) is 0. The topological polar surface area (TPSA) is 69.4 Å². The molecule has 1 atom stereocenters. The lowest BCUT2D eigenvalue weighted by atomic mass is 9.91. The first kappa shape index (κ1) is 16.6. The normalized spacial score (nSPS) is 12.0. The van der Waals surface area contributed by atoms with E-state index in [1.165, 1.54) is 6.07 Å². The van der Waals surface area contributed by atoms with Gasteiger partial charge in [0.25, 0.3) is 0 Å². The largest absolute Gasteiger partial charge is 0.462 e. The predicted octanol–water partition coefficient (Wildman–Crippen LogP) is 3.82. The third-order valence-corrected chi connectivity index (χ3v) is 3.22. The number of nitrogens with zero attached hydrogens (tertiary/aromatic N) is 1. The maximum atomic E-state index is 13.9. The highest BCUT2D eigenvalue weighted by Crippen LogP contribution is 2.29. The lowest BCUT2D eigenvalue weighted by Crippen LogP contribution is -2.21. The van der Waals surface area contributed by atoms with Crippen LogP contribution in [0, 0.1) is 15.9 Å². The molecule has 0 aromatic heterocycles. The summed E-state index contributed by atoms with van der Waals surface area (Å²) in [7, 11) is 0. The Morgan fingerprint density at radius 3 is 2.30 bits per heavy atom. The van der Waals surface area contributed by atoms with Crippen LogP contribution in [0.15, 0.2) is 48.5 Å². The van der Waals surface area contributed by atoms with Crippen molar-refractivity contribution in [1.29, 1.82) is 0 Å². The molecule has 2 rings (SSSR count). The monoisotopic (exact) mass is 317 g/mol. The Bertz CT molecular complexity index is 716. The minimum absolute atomic E-state index is 0.310. The zero-order chi connectivity index (χ0) is 17.0. The maximum absolute atomic E-state index is 13.9. The van der Waals surface area contributed by atoms with Crippen LogP contribution in [-0.4, -0.2) is 17.0 Å². The molecule has 0 spiro atoms. The summed E-state index contributed by atoms with van der Waals surface area (Å²) >= 11 is 0. The van der Waals surface area contributed by atoms with Gasteiger partial charge in [-0.15, -0.1) is 0 Å². The summed E-state index contributed by atoms with van der Waals surface area (Å²) in [6, 6.07) is 12.2. The molecule has 0 radical (unpaired) electrons. The first-order valence-electron chi connectivity index (χ1n) is 7.09. The number of benzene rings is 2. The van der Waals surface area contributed by atoms with Gasteiger partial charge in [0.05, 0.1) is 11.0 Å². The first-order chi connectivity index (χ1) is 10.9. The highest BCUT2D eigenvalue weighted by Gasteiger charge is 2.27. The second-order valence-electron chi connectivity index (χ2n) is 5.30. The molecule has 0 amide bonds. The fourth-order valence-corrected chi connectivity index (χ4v) is 2.26. The van der Waals surface area contributed by atoms with E-state index in [9.17, 15) is 19.3 Å². The van der Waals surface area contributed by atoms with Crippen LogP contribution in [0.2, 0.25) is 0 Å². The molecule has 5 nitrogen and oxygen atoms in total. The van der Waals surface area contributed by atoms with Crippen molar-refractivity contribution in [2.24, 2.45) is 0 Å². The van der Waals surface area contributed by atoms with Gasteiger partial charge < -0.3 is 4.74 Å². The molecule has 2 aromatic rings. The van der Waals surface area contributed by atoms with Gasteiger partial charge in [-0.2, -0.15) is 4.39 Å². The smallest absolute Gasteiger partial charge is 0.318 e. The molecule has 0 aliphatic heterocycles. The van der Waals surface area contributed by atoms with Crippen molar-refractivity contribution >= 4 is 11.7 Å². The summed E-state index contributed by atoms with van der Waals surface area (Å²) < 4.78 is 19.2. The van der Waals surface area contributed by atoms with E-state index >= 15 is 0 Å². The van der Waals surface area contributed by atoms with Crippen molar-refractivity contribution in [1.82, 2.24) is 0 Å².